The summed E-state index contributed by atoms with van der Waals surface area (Å²) in [6.45, 7) is 6.32. The molecule has 1 aliphatic heterocycles. The first-order valence-corrected chi connectivity index (χ1v) is 10.9. The Bertz CT molecular complexity index is 918. The second-order valence-corrected chi connectivity index (χ2v) is 9.53. The van der Waals surface area contributed by atoms with Gasteiger partial charge in [0.15, 0.2) is 0 Å². The summed E-state index contributed by atoms with van der Waals surface area (Å²) in [6.07, 6.45) is 1.61. The molecular weight excluding hydrogens is 362 g/mol. The van der Waals surface area contributed by atoms with Crippen LogP contribution in [-0.4, -0.2) is 54.1 Å². The van der Waals surface area contributed by atoms with E-state index in [1.807, 2.05) is 44.2 Å². The number of rotatable bonds is 5. The molecule has 1 saturated heterocycles. The summed E-state index contributed by atoms with van der Waals surface area (Å²) >= 11 is 0. The van der Waals surface area contributed by atoms with Gasteiger partial charge < -0.3 is 10.2 Å². The molecule has 0 radical (unpaired) electrons. The zero-order valence-corrected chi connectivity index (χ0v) is 16.5. The Balaban J connectivity index is 1.46. The van der Waals surface area contributed by atoms with E-state index in [0.717, 1.165) is 30.0 Å². The number of anilines is 3. The van der Waals surface area contributed by atoms with E-state index in [9.17, 15) is 8.42 Å². The maximum Gasteiger partial charge on any atom is 0.229 e. The molecule has 27 heavy (non-hydrogen) atoms. The van der Waals surface area contributed by atoms with E-state index in [2.05, 4.69) is 20.2 Å². The van der Waals surface area contributed by atoms with Crippen molar-refractivity contribution in [3.05, 3.63) is 41.6 Å². The predicted octanol–water partition coefficient (Wildman–Crippen LogP) is 2.45. The minimum atomic E-state index is -3.09. The van der Waals surface area contributed by atoms with Crippen LogP contribution in [0.25, 0.3) is 0 Å². The first-order valence-electron chi connectivity index (χ1n) is 9.35. The summed E-state index contributed by atoms with van der Waals surface area (Å²) in [4.78, 5) is 11.3. The smallest absolute Gasteiger partial charge is 0.229 e. The number of nitrogens with zero attached hydrogens (tertiary/aromatic N) is 4. The van der Waals surface area contributed by atoms with Gasteiger partial charge in [-0.25, -0.2) is 13.4 Å². The second-order valence-electron chi connectivity index (χ2n) is 7.31. The highest BCUT2D eigenvalue weighted by Gasteiger charge is 2.41. The minimum absolute atomic E-state index is 0.143. The van der Waals surface area contributed by atoms with Crippen molar-refractivity contribution in [3.63, 3.8) is 0 Å². The van der Waals surface area contributed by atoms with Crippen LogP contribution in [-0.2, 0) is 10.0 Å². The molecule has 4 rings (SSSR count). The lowest BCUT2D eigenvalue weighted by Crippen LogP contribution is -2.49. The lowest BCUT2D eigenvalue weighted by atomic mass is 10.2. The molecule has 144 valence electrons. The third-order valence-corrected chi connectivity index (χ3v) is 7.42. The van der Waals surface area contributed by atoms with Gasteiger partial charge in [0, 0.05) is 43.6 Å². The van der Waals surface area contributed by atoms with Crippen molar-refractivity contribution in [2.45, 2.75) is 31.9 Å². The van der Waals surface area contributed by atoms with Gasteiger partial charge in [0.2, 0.25) is 16.0 Å². The minimum Gasteiger partial charge on any atom is -0.354 e. The molecule has 7 nitrogen and oxygen atoms in total. The van der Waals surface area contributed by atoms with Crippen LogP contribution in [0.3, 0.4) is 0 Å². The number of benzene rings is 1. The average molecular weight is 388 g/mol. The molecule has 2 fully saturated rings. The Morgan fingerprint density at radius 1 is 1.00 bits per heavy atom. The Morgan fingerprint density at radius 3 is 2.30 bits per heavy atom. The van der Waals surface area contributed by atoms with Crippen LogP contribution >= 0.6 is 0 Å². The van der Waals surface area contributed by atoms with E-state index < -0.39 is 10.0 Å². The van der Waals surface area contributed by atoms with E-state index in [1.54, 1.807) is 4.31 Å². The first-order chi connectivity index (χ1) is 12.9. The molecule has 2 heterocycles. The molecule has 1 aromatic heterocycles. The largest absolute Gasteiger partial charge is 0.354 e. The predicted molar refractivity (Wildman–Crippen MR) is 107 cm³/mol. The average Bonchev–Trinajstić information content (AvgIpc) is 3.49. The Kier molecular flexibility index (Phi) is 4.77. The van der Waals surface area contributed by atoms with Crippen molar-refractivity contribution in [3.8, 4) is 0 Å². The van der Waals surface area contributed by atoms with Crippen molar-refractivity contribution in [1.82, 2.24) is 14.3 Å². The highest BCUT2D eigenvalue weighted by molar-refractivity contribution is 7.90. The lowest BCUT2D eigenvalue weighted by Gasteiger charge is -2.34. The molecule has 1 aliphatic carbocycles. The van der Waals surface area contributed by atoms with Gasteiger partial charge in [-0.15, -0.1) is 0 Å². The Hall–Kier alpha value is -2.19. The molecule has 2 aliphatic rings. The summed E-state index contributed by atoms with van der Waals surface area (Å²) in [5, 5.41) is 3.11. The van der Waals surface area contributed by atoms with Crippen molar-refractivity contribution < 1.29 is 8.42 Å². The van der Waals surface area contributed by atoms with Gasteiger partial charge in [-0.05, 0) is 38.8 Å². The van der Waals surface area contributed by atoms with Crippen LogP contribution < -0.4 is 10.2 Å². The number of piperazine rings is 1. The maximum absolute atomic E-state index is 12.4. The summed E-state index contributed by atoms with van der Waals surface area (Å²) in [5.41, 5.74) is 3.02. The highest BCUT2D eigenvalue weighted by atomic mass is 32.2. The summed E-state index contributed by atoms with van der Waals surface area (Å²) in [5.74, 6) is 1.39. The summed E-state index contributed by atoms with van der Waals surface area (Å²) in [7, 11) is -3.09. The molecule has 1 saturated carbocycles. The number of hydrogen-bond acceptors (Lipinski definition) is 6. The molecule has 0 bridgehead atoms. The van der Waals surface area contributed by atoms with Gasteiger partial charge in [-0.3, -0.25) is 0 Å². The number of aromatic nitrogens is 2. The van der Waals surface area contributed by atoms with Gasteiger partial charge in [0.25, 0.3) is 0 Å². The molecule has 1 N–H and O–H groups in total. The number of aryl methyl sites for hydroxylation is 2. The molecule has 0 amide bonds. The molecule has 0 unspecified atom stereocenters. The van der Waals surface area contributed by atoms with Crippen LogP contribution in [0.2, 0.25) is 0 Å². The van der Waals surface area contributed by atoms with Crippen LogP contribution in [0.4, 0.5) is 17.5 Å². The summed E-state index contributed by atoms with van der Waals surface area (Å²) in [6, 6.07) is 10.0. The Morgan fingerprint density at radius 2 is 1.67 bits per heavy atom. The zero-order chi connectivity index (χ0) is 19.0. The number of nitrogens with one attached hydrogen (secondary N) is 1. The van der Waals surface area contributed by atoms with Gasteiger partial charge in [0.1, 0.15) is 5.82 Å². The van der Waals surface area contributed by atoms with Crippen molar-refractivity contribution >= 4 is 27.5 Å². The first kappa shape index (κ1) is 18.2. The topological polar surface area (TPSA) is 78.4 Å². The molecular formula is C19H25N5O2S. The van der Waals surface area contributed by atoms with E-state index in [1.165, 1.54) is 5.56 Å². The molecule has 8 heteroatoms. The van der Waals surface area contributed by atoms with Gasteiger partial charge in [-0.2, -0.15) is 9.29 Å². The fourth-order valence-corrected chi connectivity index (χ4v) is 5.11. The fourth-order valence-electron chi connectivity index (χ4n) is 3.28. The van der Waals surface area contributed by atoms with Gasteiger partial charge >= 0.3 is 0 Å². The highest BCUT2D eigenvalue weighted by Crippen LogP contribution is 2.31. The van der Waals surface area contributed by atoms with Crippen molar-refractivity contribution in [2.24, 2.45) is 0 Å². The monoisotopic (exact) mass is 387 g/mol. The number of hydrogen-bond donors (Lipinski definition) is 1. The summed E-state index contributed by atoms with van der Waals surface area (Å²) < 4.78 is 26.4. The normalized spacial score (nSPS) is 18.5. The van der Waals surface area contributed by atoms with E-state index in [-0.39, 0.29) is 5.25 Å². The lowest BCUT2D eigenvalue weighted by molar-refractivity contribution is 0.383. The molecule has 1 aromatic carbocycles. The van der Waals surface area contributed by atoms with Crippen LogP contribution in [0.5, 0.6) is 0 Å². The van der Waals surface area contributed by atoms with Gasteiger partial charge in [0.05, 0.1) is 5.25 Å². The van der Waals surface area contributed by atoms with E-state index >= 15 is 0 Å². The zero-order valence-electron chi connectivity index (χ0n) is 15.7. The van der Waals surface area contributed by atoms with Crippen LogP contribution in [0, 0.1) is 13.8 Å². The molecule has 0 atom stereocenters. The standard InChI is InChI=1S/C19H25N5O2S/c1-14-3-5-16(6-4-14)21-19-20-15(2)13-18(22-19)23-9-11-24(12-10-23)27(25,26)17-7-8-17/h3-6,13,17H,7-12H2,1-2H3,(H,20,21,22). The van der Waals surface area contributed by atoms with Crippen molar-refractivity contribution in [2.75, 3.05) is 36.4 Å². The second kappa shape index (κ2) is 7.09. The Labute approximate surface area is 160 Å². The molecule has 2 aromatic rings. The van der Waals surface area contributed by atoms with E-state index in [0.29, 0.717) is 32.1 Å². The fraction of sp³-hybridized carbons (Fsp3) is 0.474. The van der Waals surface area contributed by atoms with Crippen LogP contribution in [0.1, 0.15) is 24.1 Å². The van der Waals surface area contributed by atoms with Crippen LogP contribution in [0.15, 0.2) is 30.3 Å². The van der Waals surface area contributed by atoms with E-state index in [4.69, 9.17) is 0 Å². The maximum atomic E-state index is 12.4. The quantitative estimate of drug-likeness (QED) is 0.849. The van der Waals surface area contributed by atoms with Crippen molar-refractivity contribution in [1.29, 1.82) is 0 Å². The third kappa shape index (κ3) is 4.06. The SMILES string of the molecule is Cc1ccc(Nc2nc(C)cc(N3CCN(S(=O)(=O)C4CC4)CC3)n2)cc1. The third-order valence-electron chi connectivity index (χ3n) is 5.02. The number of sulfonamides is 1. The molecule has 0 spiro atoms. The van der Waals surface area contributed by atoms with Gasteiger partial charge in [-0.1, -0.05) is 17.7 Å².